The Kier molecular flexibility index (Phi) is 6.61. The van der Waals surface area contributed by atoms with Crippen molar-refractivity contribution in [1.29, 1.82) is 0 Å². The first-order valence-electron chi connectivity index (χ1n) is 10.4. The number of aliphatic hydroxyl groups is 1. The minimum absolute atomic E-state index is 0.152. The highest BCUT2D eigenvalue weighted by molar-refractivity contribution is 5.86. The molecule has 1 atom stereocenters. The van der Waals surface area contributed by atoms with E-state index in [2.05, 4.69) is 18.7 Å². The zero-order valence-corrected chi connectivity index (χ0v) is 17.3. The normalized spacial score (nSPS) is 24.8. The van der Waals surface area contributed by atoms with Crippen LogP contribution in [0.15, 0.2) is 18.2 Å². The molecular formula is C22H33FN2O3. The lowest BCUT2D eigenvalue weighted by molar-refractivity contribution is -0.160. The second kappa shape index (κ2) is 8.78. The highest BCUT2D eigenvalue weighted by atomic mass is 19.1. The van der Waals surface area contributed by atoms with E-state index < -0.39 is 5.60 Å². The van der Waals surface area contributed by atoms with Crippen LogP contribution in [0.4, 0.5) is 4.39 Å². The molecule has 6 heteroatoms. The lowest BCUT2D eigenvalue weighted by Crippen LogP contribution is -2.59. The van der Waals surface area contributed by atoms with Gasteiger partial charge in [0.05, 0.1) is 7.11 Å². The molecular weight excluding hydrogens is 359 g/mol. The number of benzene rings is 1. The molecule has 2 aliphatic rings. The molecule has 0 spiro atoms. The van der Waals surface area contributed by atoms with Crippen molar-refractivity contribution in [3.05, 3.63) is 29.6 Å². The van der Waals surface area contributed by atoms with Gasteiger partial charge < -0.3 is 14.7 Å². The Balaban J connectivity index is 1.65. The van der Waals surface area contributed by atoms with Gasteiger partial charge in [-0.1, -0.05) is 13.8 Å². The fourth-order valence-corrected chi connectivity index (χ4v) is 4.52. The molecule has 1 aromatic carbocycles. The van der Waals surface area contributed by atoms with E-state index in [4.69, 9.17) is 4.74 Å². The lowest BCUT2D eigenvalue weighted by atomic mass is 9.85. The highest BCUT2D eigenvalue weighted by Gasteiger charge is 2.43. The van der Waals surface area contributed by atoms with Crippen molar-refractivity contribution in [2.75, 3.05) is 33.3 Å². The number of carbonyl (C=O) groups is 1. The Labute approximate surface area is 167 Å². The Morgan fingerprint density at radius 3 is 2.64 bits per heavy atom. The minimum atomic E-state index is -1.38. The summed E-state index contributed by atoms with van der Waals surface area (Å²) in [5.41, 5.74) is -0.965. The van der Waals surface area contributed by atoms with Crippen LogP contribution < -0.4 is 4.74 Å². The van der Waals surface area contributed by atoms with Crippen LogP contribution in [0.2, 0.25) is 0 Å². The molecule has 0 unspecified atom stereocenters. The first kappa shape index (κ1) is 21.1. The summed E-state index contributed by atoms with van der Waals surface area (Å²) in [6, 6.07) is 4.54. The maximum atomic E-state index is 14.2. The van der Waals surface area contributed by atoms with Gasteiger partial charge in [-0.05, 0) is 68.8 Å². The van der Waals surface area contributed by atoms with Crippen molar-refractivity contribution < 1.29 is 19.0 Å². The van der Waals surface area contributed by atoms with E-state index in [1.807, 2.05) is 0 Å². The molecule has 2 heterocycles. The van der Waals surface area contributed by atoms with Gasteiger partial charge in [0, 0.05) is 25.2 Å². The molecule has 2 saturated heterocycles. The minimum Gasteiger partial charge on any atom is -0.497 e. The van der Waals surface area contributed by atoms with Gasteiger partial charge in [-0.2, -0.15) is 0 Å². The van der Waals surface area contributed by atoms with Crippen molar-refractivity contribution in [2.45, 2.75) is 51.7 Å². The third kappa shape index (κ3) is 4.66. The molecule has 3 rings (SSSR count). The quantitative estimate of drug-likeness (QED) is 0.809. The first-order chi connectivity index (χ1) is 13.3. The summed E-state index contributed by atoms with van der Waals surface area (Å²) in [4.78, 5) is 16.9. The average Bonchev–Trinajstić information content (AvgIpc) is 2.67. The van der Waals surface area contributed by atoms with Gasteiger partial charge >= 0.3 is 0 Å². The van der Waals surface area contributed by atoms with Gasteiger partial charge in [0.25, 0.3) is 5.91 Å². The Hall–Kier alpha value is -1.66. The van der Waals surface area contributed by atoms with E-state index in [0.717, 1.165) is 38.3 Å². The van der Waals surface area contributed by atoms with E-state index in [1.54, 1.807) is 17.0 Å². The smallest absolute Gasteiger partial charge is 0.256 e. The second-order valence-corrected chi connectivity index (χ2v) is 8.68. The van der Waals surface area contributed by atoms with E-state index in [-0.39, 0.29) is 18.3 Å². The summed E-state index contributed by atoms with van der Waals surface area (Å²) in [5, 5.41) is 11.1. The van der Waals surface area contributed by atoms with E-state index in [9.17, 15) is 14.3 Å². The van der Waals surface area contributed by atoms with Crippen molar-refractivity contribution in [1.82, 2.24) is 9.80 Å². The fourth-order valence-electron chi connectivity index (χ4n) is 4.52. The van der Waals surface area contributed by atoms with Crippen LogP contribution in [0.25, 0.3) is 0 Å². The number of amides is 1. The maximum absolute atomic E-state index is 14.2. The lowest BCUT2D eigenvalue weighted by Gasteiger charge is -2.43. The van der Waals surface area contributed by atoms with E-state index >= 15 is 0 Å². The molecule has 2 aliphatic heterocycles. The van der Waals surface area contributed by atoms with E-state index in [0.29, 0.717) is 36.7 Å². The van der Waals surface area contributed by atoms with Crippen LogP contribution in [-0.4, -0.2) is 59.7 Å². The monoisotopic (exact) mass is 392 g/mol. The molecule has 0 radical (unpaired) electrons. The first-order valence-corrected chi connectivity index (χ1v) is 10.4. The van der Waals surface area contributed by atoms with Gasteiger partial charge in [-0.3, -0.25) is 9.69 Å². The molecule has 1 N–H and O–H groups in total. The molecule has 1 amide bonds. The van der Waals surface area contributed by atoms with Gasteiger partial charge in [0.1, 0.15) is 11.6 Å². The van der Waals surface area contributed by atoms with Gasteiger partial charge in [0.15, 0.2) is 5.60 Å². The number of nitrogens with zero attached hydrogens (tertiary/aromatic N) is 2. The predicted octanol–water partition coefficient (Wildman–Crippen LogP) is 3.06. The third-order valence-electron chi connectivity index (χ3n) is 6.38. The van der Waals surface area contributed by atoms with Crippen LogP contribution in [0.5, 0.6) is 5.75 Å². The topological polar surface area (TPSA) is 53.0 Å². The van der Waals surface area contributed by atoms with Gasteiger partial charge in [-0.15, -0.1) is 0 Å². The maximum Gasteiger partial charge on any atom is 0.256 e. The van der Waals surface area contributed by atoms with Crippen molar-refractivity contribution in [3.63, 3.8) is 0 Å². The largest absolute Gasteiger partial charge is 0.497 e. The molecule has 5 nitrogen and oxygen atoms in total. The summed E-state index contributed by atoms with van der Waals surface area (Å²) in [5.74, 6) is 1.31. The number of likely N-dealkylation sites (tertiary alicyclic amines) is 2. The number of β-amino-alcohol motifs (C(OH)–C–C–N with tert-alkyl or cyclic N) is 1. The summed E-state index contributed by atoms with van der Waals surface area (Å²) in [6.45, 7) is 7.41. The summed E-state index contributed by atoms with van der Waals surface area (Å²) in [7, 11) is 1.53. The number of ether oxygens (including phenoxy) is 1. The van der Waals surface area contributed by atoms with Crippen LogP contribution in [0, 0.1) is 17.7 Å². The molecule has 0 aliphatic carbocycles. The predicted molar refractivity (Wildman–Crippen MR) is 107 cm³/mol. The number of rotatable bonds is 6. The van der Waals surface area contributed by atoms with Crippen LogP contribution in [0.3, 0.4) is 0 Å². The third-order valence-corrected chi connectivity index (χ3v) is 6.38. The summed E-state index contributed by atoms with van der Waals surface area (Å²) in [6.07, 6.45) is 3.41. The van der Waals surface area contributed by atoms with Crippen molar-refractivity contribution >= 4 is 5.91 Å². The van der Waals surface area contributed by atoms with E-state index in [1.165, 1.54) is 13.2 Å². The zero-order valence-electron chi connectivity index (χ0n) is 17.3. The summed E-state index contributed by atoms with van der Waals surface area (Å²) < 4.78 is 19.4. The number of hydrogen-bond acceptors (Lipinski definition) is 4. The van der Waals surface area contributed by atoms with Crippen LogP contribution in [-0.2, 0) is 11.3 Å². The number of hydrogen-bond donors (Lipinski definition) is 1. The number of halogens is 1. The fraction of sp³-hybridized carbons (Fsp3) is 0.682. The number of carbonyl (C=O) groups excluding carboxylic acids is 1. The molecule has 28 heavy (non-hydrogen) atoms. The Morgan fingerprint density at radius 2 is 2.00 bits per heavy atom. The number of methoxy groups -OCH3 is 1. The highest BCUT2D eigenvalue weighted by Crippen LogP contribution is 2.30. The van der Waals surface area contributed by atoms with Crippen LogP contribution >= 0.6 is 0 Å². The molecule has 1 aromatic rings. The SMILES string of the molecule is COc1ccc(F)c(CN2CCC[C@](O)(CN3CCC(C(C)C)CC3)C2=O)c1. The molecule has 0 aromatic heterocycles. The molecule has 0 saturated carbocycles. The Morgan fingerprint density at radius 1 is 1.29 bits per heavy atom. The molecule has 156 valence electrons. The van der Waals surface area contributed by atoms with Crippen molar-refractivity contribution in [3.8, 4) is 5.75 Å². The van der Waals surface area contributed by atoms with Gasteiger partial charge in [0.2, 0.25) is 0 Å². The van der Waals surface area contributed by atoms with Gasteiger partial charge in [-0.25, -0.2) is 4.39 Å². The molecule has 2 fully saturated rings. The Bertz CT molecular complexity index is 688. The zero-order chi connectivity index (χ0) is 20.3. The second-order valence-electron chi connectivity index (χ2n) is 8.68. The number of piperidine rings is 2. The summed E-state index contributed by atoms with van der Waals surface area (Å²) >= 11 is 0. The van der Waals surface area contributed by atoms with Crippen LogP contribution in [0.1, 0.15) is 45.1 Å². The average molecular weight is 393 g/mol. The molecule has 0 bridgehead atoms. The van der Waals surface area contributed by atoms with Crippen molar-refractivity contribution in [2.24, 2.45) is 11.8 Å². The standard InChI is InChI=1S/C22H33FN2O3/c1-16(2)17-7-11-24(12-8-17)15-22(27)9-4-10-25(21(22)26)14-18-13-19(28-3)5-6-20(18)23/h5-6,13,16-17,27H,4,7-12,14-15H2,1-3H3/t22-/m0/s1.